The fourth-order valence-corrected chi connectivity index (χ4v) is 4.34. The number of carbonyl (C=O) groups excluding carboxylic acids is 1. The minimum absolute atomic E-state index is 0.0938. The van der Waals surface area contributed by atoms with Crippen molar-refractivity contribution in [2.24, 2.45) is 5.92 Å². The van der Waals surface area contributed by atoms with Gasteiger partial charge >= 0.3 is 0 Å². The zero-order valence-electron chi connectivity index (χ0n) is 19.9. The van der Waals surface area contributed by atoms with Crippen molar-refractivity contribution < 1.29 is 14.3 Å². The van der Waals surface area contributed by atoms with E-state index < -0.39 is 0 Å². The van der Waals surface area contributed by atoms with Gasteiger partial charge in [0.2, 0.25) is 0 Å². The molecule has 2 aromatic carbocycles. The SMILES string of the molecule is COc1ccc(C(=O)N(CCN(C)C)C[C@@H]2CCCN(Cc3ccccc3OC)C2)cc1. The molecule has 0 aromatic heterocycles. The third-order valence-electron chi connectivity index (χ3n) is 6.11. The van der Waals surface area contributed by atoms with Gasteiger partial charge in [-0.15, -0.1) is 0 Å². The summed E-state index contributed by atoms with van der Waals surface area (Å²) in [5, 5.41) is 0. The molecular formula is C26H37N3O3. The summed E-state index contributed by atoms with van der Waals surface area (Å²) in [6.45, 7) is 5.30. The molecule has 1 amide bonds. The van der Waals surface area contributed by atoms with E-state index >= 15 is 0 Å². The molecule has 2 aromatic rings. The number of hydrogen-bond acceptors (Lipinski definition) is 5. The summed E-state index contributed by atoms with van der Waals surface area (Å²) >= 11 is 0. The lowest BCUT2D eigenvalue weighted by molar-refractivity contribution is 0.0660. The Hall–Kier alpha value is -2.57. The Labute approximate surface area is 192 Å². The zero-order valence-corrected chi connectivity index (χ0v) is 19.9. The molecule has 3 rings (SSSR count). The van der Waals surface area contributed by atoms with Crippen LogP contribution in [0.25, 0.3) is 0 Å². The van der Waals surface area contributed by atoms with E-state index in [0.29, 0.717) is 11.5 Å². The third-order valence-corrected chi connectivity index (χ3v) is 6.11. The third kappa shape index (κ3) is 6.71. The Kier molecular flexibility index (Phi) is 8.94. The highest BCUT2D eigenvalue weighted by Crippen LogP contribution is 2.24. The highest BCUT2D eigenvalue weighted by molar-refractivity contribution is 5.94. The molecule has 1 saturated heterocycles. The molecule has 1 atom stereocenters. The monoisotopic (exact) mass is 439 g/mol. The van der Waals surface area contributed by atoms with Crippen molar-refractivity contribution in [3.8, 4) is 11.5 Å². The van der Waals surface area contributed by atoms with Crippen LogP contribution in [0.15, 0.2) is 48.5 Å². The maximum absolute atomic E-state index is 13.3. The van der Waals surface area contributed by atoms with Crippen LogP contribution in [0.1, 0.15) is 28.8 Å². The lowest BCUT2D eigenvalue weighted by atomic mass is 9.96. The molecule has 1 fully saturated rings. The Morgan fingerprint density at radius 2 is 1.78 bits per heavy atom. The van der Waals surface area contributed by atoms with E-state index in [2.05, 4.69) is 21.9 Å². The normalized spacial score (nSPS) is 16.7. The van der Waals surface area contributed by atoms with Crippen LogP contribution in [0, 0.1) is 5.92 Å². The average Bonchev–Trinajstić information content (AvgIpc) is 2.82. The molecule has 0 N–H and O–H groups in total. The maximum atomic E-state index is 13.3. The number of ether oxygens (including phenoxy) is 2. The van der Waals surface area contributed by atoms with E-state index in [0.717, 1.165) is 63.6 Å². The van der Waals surface area contributed by atoms with Crippen molar-refractivity contribution in [3.63, 3.8) is 0 Å². The average molecular weight is 440 g/mol. The molecule has 6 heteroatoms. The maximum Gasteiger partial charge on any atom is 0.253 e. The predicted molar refractivity (Wildman–Crippen MR) is 128 cm³/mol. The summed E-state index contributed by atoms with van der Waals surface area (Å²) in [5.74, 6) is 2.26. The second-order valence-corrected chi connectivity index (χ2v) is 8.84. The van der Waals surface area contributed by atoms with Crippen LogP contribution in [-0.2, 0) is 6.54 Å². The molecule has 1 heterocycles. The van der Waals surface area contributed by atoms with Gasteiger partial charge in [-0.25, -0.2) is 0 Å². The standard InChI is InChI=1S/C26H37N3O3/c1-27(2)16-17-29(26(30)22-11-13-24(31-3)14-12-22)19-21-8-7-15-28(18-21)20-23-9-5-6-10-25(23)32-4/h5-6,9-14,21H,7-8,15-20H2,1-4H3/t21-/m1/s1. The summed E-state index contributed by atoms with van der Waals surface area (Å²) < 4.78 is 10.8. The Balaban J connectivity index is 1.66. The number of amides is 1. The zero-order chi connectivity index (χ0) is 22.9. The number of methoxy groups -OCH3 is 2. The van der Waals surface area contributed by atoms with E-state index in [1.165, 1.54) is 5.56 Å². The summed E-state index contributed by atoms with van der Waals surface area (Å²) in [4.78, 5) is 20.0. The van der Waals surface area contributed by atoms with Crippen LogP contribution in [0.5, 0.6) is 11.5 Å². The number of likely N-dealkylation sites (tertiary alicyclic amines) is 1. The molecule has 1 aliphatic heterocycles. The first-order valence-corrected chi connectivity index (χ1v) is 11.4. The number of hydrogen-bond donors (Lipinski definition) is 0. The number of likely N-dealkylation sites (N-methyl/N-ethyl adjacent to an activating group) is 1. The highest BCUT2D eigenvalue weighted by atomic mass is 16.5. The van der Waals surface area contributed by atoms with Crippen LogP contribution >= 0.6 is 0 Å². The van der Waals surface area contributed by atoms with E-state index in [9.17, 15) is 4.79 Å². The first-order chi connectivity index (χ1) is 15.5. The molecule has 0 aliphatic carbocycles. The molecular weight excluding hydrogens is 402 g/mol. The quantitative estimate of drug-likeness (QED) is 0.566. The second-order valence-electron chi connectivity index (χ2n) is 8.84. The van der Waals surface area contributed by atoms with Crippen molar-refractivity contribution in [3.05, 3.63) is 59.7 Å². The summed E-state index contributed by atoms with van der Waals surface area (Å²) in [6, 6.07) is 15.7. The van der Waals surface area contributed by atoms with Gasteiger partial charge in [0.15, 0.2) is 0 Å². The molecule has 0 spiro atoms. The Bertz CT molecular complexity index is 854. The van der Waals surface area contributed by atoms with Crippen LogP contribution in [0.2, 0.25) is 0 Å². The van der Waals surface area contributed by atoms with Gasteiger partial charge in [-0.05, 0) is 69.7 Å². The fraction of sp³-hybridized carbons (Fsp3) is 0.500. The predicted octanol–water partition coefficient (Wildman–Crippen LogP) is 3.62. The molecule has 6 nitrogen and oxygen atoms in total. The van der Waals surface area contributed by atoms with Gasteiger partial charge in [-0.1, -0.05) is 18.2 Å². The van der Waals surface area contributed by atoms with Crippen molar-refractivity contribution in [2.45, 2.75) is 19.4 Å². The summed E-state index contributed by atoms with van der Waals surface area (Å²) in [6.07, 6.45) is 2.30. The first kappa shape index (κ1) is 24.1. The number of rotatable bonds is 10. The minimum atomic E-state index is 0.0938. The van der Waals surface area contributed by atoms with Gasteiger partial charge in [0.25, 0.3) is 5.91 Å². The van der Waals surface area contributed by atoms with E-state index in [1.807, 2.05) is 55.4 Å². The number of carbonyl (C=O) groups is 1. The van der Waals surface area contributed by atoms with E-state index in [-0.39, 0.29) is 5.91 Å². The number of para-hydroxylation sites is 1. The van der Waals surface area contributed by atoms with Crippen molar-refractivity contribution in [1.29, 1.82) is 0 Å². The van der Waals surface area contributed by atoms with Crippen molar-refractivity contribution >= 4 is 5.91 Å². The number of piperidine rings is 1. The molecule has 32 heavy (non-hydrogen) atoms. The summed E-state index contributed by atoms with van der Waals surface area (Å²) in [7, 11) is 7.46. The van der Waals surface area contributed by atoms with Crippen LogP contribution in [0.4, 0.5) is 0 Å². The molecule has 0 radical (unpaired) electrons. The van der Waals surface area contributed by atoms with Crippen LogP contribution < -0.4 is 9.47 Å². The van der Waals surface area contributed by atoms with Crippen molar-refractivity contribution in [1.82, 2.24) is 14.7 Å². The van der Waals surface area contributed by atoms with Crippen LogP contribution in [-0.4, -0.2) is 81.6 Å². The second kappa shape index (κ2) is 11.9. The van der Waals surface area contributed by atoms with Gasteiger partial charge in [0, 0.05) is 43.9 Å². The van der Waals surface area contributed by atoms with Gasteiger partial charge < -0.3 is 19.3 Å². The molecule has 174 valence electrons. The topological polar surface area (TPSA) is 45.2 Å². The van der Waals surface area contributed by atoms with Gasteiger partial charge in [-0.2, -0.15) is 0 Å². The highest BCUT2D eigenvalue weighted by Gasteiger charge is 2.25. The lowest BCUT2D eigenvalue weighted by Crippen LogP contribution is -2.44. The smallest absolute Gasteiger partial charge is 0.253 e. The largest absolute Gasteiger partial charge is 0.497 e. The van der Waals surface area contributed by atoms with Crippen molar-refractivity contribution in [2.75, 3.05) is 61.0 Å². The number of nitrogens with zero attached hydrogens (tertiary/aromatic N) is 3. The van der Waals surface area contributed by atoms with Gasteiger partial charge in [-0.3, -0.25) is 9.69 Å². The Morgan fingerprint density at radius 3 is 2.47 bits per heavy atom. The molecule has 1 aliphatic rings. The minimum Gasteiger partial charge on any atom is -0.497 e. The molecule has 0 unspecified atom stereocenters. The number of benzene rings is 2. The first-order valence-electron chi connectivity index (χ1n) is 11.4. The fourth-order valence-electron chi connectivity index (χ4n) is 4.34. The van der Waals surface area contributed by atoms with Gasteiger partial charge in [0.1, 0.15) is 11.5 Å². The molecule has 0 bridgehead atoms. The van der Waals surface area contributed by atoms with Crippen LogP contribution in [0.3, 0.4) is 0 Å². The summed E-state index contributed by atoms with van der Waals surface area (Å²) in [5.41, 5.74) is 1.93. The molecule has 0 saturated carbocycles. The lowest BCUT2D eigenvalue weighted by Gasteiger charge is -2.36. The van der Waals surface area contributed by atoms with E-state index in [1.54, 1.807) is 14.2 Å². The Morgan fingerprint density at radius 1 is 1.03 bits per heavy atom. The van der Waals surface area contributed by atoms with Gasteiger partial charge in [0.05, 0.1) is 14.2 Å². The van der Waals surface area contributed by atoms with E-state index in [4.69, 9.17) is 9.47 Å².